The van der Waals surface area contributed by atoms with Gasteiger partial charge >= 0.3 is 0 Å². The van der Waals surface area contributed by atoms with E-state index in [0.717, 1.165) is 5.69 Å². The third kappa shape index (κ3) is 1.39. The monoisotopic (exact) mass is 120 g/mol. The molecule has 9 heavy (non-hydrogen) atoms. The van der Waals surface area contributed by atoms with Crippen LogP contribution in [0.15, 0.2) is 30.3 Å². The molecule has 0 bridgehead atoms. The van der Waals surface area contributed by atoms with Crippen molar-refractivity contribution in [1.29, 1.82) is 0 Å². The van der Waals surface area contributed by atoms with Crippen LogP contribution in [0.4, 0.5) is 5.69 Å². The van der Waals surface area contributed by atoms with E-state index in [4.69, 9.17) is 0 Å². The first-order chi connectivity index (χ1) is 4.30. The van der Waals surface area contributed by atoms with Gasteiger partial charge in [0.05, 0.1) is 0 Å². The molecule has 0 amide bonds. The Bertz CT molecular complexity index is 201. The first-order valence-electron chi connectivity index (χ1n) is 2.90. The second-order valence-corrected chi connectivity index (χ2v) is 2.03. The fraction of sp³-hybridized carbons (Fsp3) is 0.125. The Balaban J connectivity index is 2.98. The fourth-order valence-electron chi connectivity index (χ4n) is 0.682. The molecule has 0 radical (unpaired) electrons. The highest BCUT2D eigenvalue weighted by Crippen LogP contribution is 2.05. The molecule has 1 heteroatoms. The highest BCUT2D eigenvalue weighted by atomic mass is 14.9. The van der Waals surface area contributed by atoms with Gasteiger partial charge in [0.1, 0.15) is 13.8 Å². The van der Waals surface area contributed by atoms with Crippen molar-refractivity contribution < 1.29 is 4.58 Å². The van der Waals surface area contributed by atoms with Gasteiger partial charge < -0.3 is 0 Å². The molecule has 0 atom stereocenters. The van der Waals surface area contributed by atoms with Crippen LogP contribution in [0.1, 0.15) is 0 Å². The van der Waals surface area contributed by atoms with Gasteiger partial charge in [-0.15, -0.1) is 0 Å². The lowest BCUT2D eigenvalue weighted by Crippen LogP contribution is -1.90. The molecule has 0 spiro atoms. The van der Waals surface area contributed by atoms with Crippen molar-refractivity contribution in [1.82, 2.24) is 0 Å². The van der Waals surface area contributed by atoms with Crippen LogP contribution >= 0.6 is 0 Å². The van der Waals surface area contributed by atoms with E-state index in [1.165, 1.54) is 0 Å². The van der Waals surface area contributed by atoms with E-state index < -0.39 is 0 Å². The maximum atomic E-state index is 3.74. The Morgan fingerprint density at radius 1 is 1.22 bits per heavy atom. The van der Waals surface area contributed by atoms with Crippen molar-refractivity contribution in [3.63, 3.8) is 0 Å². The van der Waals surface area contributed by atoms with Crippen molar-refractivity contribution in [2.24, 2.45) is 0 Å². The summed E-state index contributed by atoms with van der Waals surface area (Å²) in [4.78, 5) is 0. The van der Waals surface area contributed by atoms with Crippen LogP contribution in [-0.2, 0) is 0 Å². The molecule has 1 aromatic carbocycles. The molecule has 0 heterocycles. The van der Waals surface area contributed by atoms with Gasteiger partial charge in [-0.1, -0.05) is 18.2 Å². The van der Waals surface area contributed by atoms with Gasteiger partial charge in [0.25, 0.3) is 0 Å². The lowest BCUT2D eigenvalue weighted by Gasteiger charge is -1.89. The van der Waals surface area contributed by atoms with Crippen molar-refractivity contribution >= 4 is 12.4 Å². The molecule has 0 fully saturated rings. The Labute approximate surface area is 55.3 Å². The van der Waals surface area contributed by atoms with E-state index in [-0.39, 0.29) is 0 Å². The van der Waals surface area contributed by atoms with Crippen LogP contribution in [0.25, 0.3) is 0 Å². The molecule has 0 N–H and O–H groups in total. The van der Waals surface area contributed by atoms with Crippen molar-refractivity contribution in [2.75, 3.05) is 7.05 Å². The molecule has 0 saturated carbocycles. The fourth-order valence-corrected chi connectivity index (χ4v) is 0.682. The van der Waals surface area contributed by atoms with Crippen LogP contribution in [0.2, 0.25) is 0 Å². The SMILES string of the molecule is C=[N+](C)c1ccccc1. The molecule has 1 aromatic rings. The average molecular weight is 120 g/mol. The standard InChI is InChI=1S/C8H10N/c1-9(2)8-6-4-3-5-7-8/h3-7H,1H2,2H3/q+1. The summed E-state index contributed by atoms with van der Waals surface area (Å²) in [6.07, 6.45) is 0. The van der Waals surface area contributed by atoms with Crippen molar-refractivity contribution in [3.05, 3.63) is 30.3 Å². The maximum Gasteiger partial charge on any atom is 0.204 e. The average Bonchev–Trinajstić information content (AvgIpc) is 1.90. The van der Waals surface area contributed by atoms with Crippen LogP contribution in [0, 0.1) is 0 Å². The summed E-state index contributed by atoms with van der Waals surface area (Å²) in [5, 5.41) is 0. The molecule has 0 unspecified atom stereocenters. The Kier molecular flexibility index (Phi) is 1.63. The maximum absolute atomic E-state index is 3.74. The summed E-state index contributed by atoms with van der Waals surface area (Å²) in [5.41, 5.74) is 1.14. The molecule has 0 aliphatic carbocycles. The third-order valence-corrected chi connectivity index (χ3v) is 1.20. The summed E-state index contributed by atoms with van der Waals surface area (Å²) in [7, 11) is 1.93. The normalized spacial score (nSPS) is 9.00. The summed E-state index contributed by atoms with van der Waals surface area (Å²) < 4.78 is 1.83. The first kappa shape index (κ1) is 6.02. The zero-order valence-corrected chi connectivity index (χ0v) is 5.54. The summed E-state index contributed by atoms with van der Waals surface area (Å²) >= 11 is 0. The van der Waals surface area contributed by atoms with Crippen LogP contribution in [-0.4, -0.2) is 18.3 Å². The van der Waals surface area contributed by atoms with Gasteiger partial charge in [-0.05, 0) is 0 Å². The Morgan fingerprint density at radius 3 is 2.11 bits per heavy atom. The van der Waals surface area contributed by atoms with Crippen molar-refractivity contribution in [3.8, 4) is 0 Å². The van der Waals surface area contributed by atoms with E-state index in [1.807, 2.05) is 42.0 Å². The number of nitrogens with zero attached hydrogens (tertiary/aromatic N) is 1. The Hall–Kier alpha value is -1.11. The van der Waals surface area contributed by atoms with Crippen molar-refractivity contribution in [2.45, 2.75) is 0 Å². The Morgan fingerprint density at radius 2 is 1.78 bits per heavy atom. The number of para-hydroxylation sites is 1. The molecule has 0 aliphatic heterocycles. The minimum absolute atomic E-state index is 1.14. The van der Waals surface area contributed by atoms with Gasteiger partial charge in [-0.2, -0.15) is 0 Å². The zero-order valence-electron chi connectivity index (χ0n) is 5.54. The zero-order chi connectivity index (χ0) is 6.69. The second-order valence-electron chi connectivity index (χ2n) is 2.03. The number of rotatable bonds is 1. The number of benzene rings is 1. The molecule has 0 aromatic heterocycles. The number of hydrogen-bond acceptors (Lipinski definition) is 0. The molecule has 0 aliphatic rings. The van der Waals surface area contributed by atoms with Crippen LogP contribution in [0.5, 0.6) is 0 Å². The predicted molar refractivity (Wildman–Crippen MR) is 39.4 cm³/mol. The second kappa shape index (κ2) is 2.44. The third-order valence-electron chi connectivity index (χ3n) is 1.20. The van der Waals surface area contributed by atoms with E-state index in [1.54, 1.807) is 0 Å². The van der Waals surface area contributed by atoms with E-state index in [9.17, 15) is 0 Å². The number of hydrogen-bond donors (Lipinski definition) is 0. The van der Waals surface area contributed by atoms with Crippen LogP contribution < -0.4 is 0 Å². The van der Waals surface area contributed by atoms with Crippen LogP contribution in [0.3, 0.4) is 0 Å². The summed E-state index contributed by atoms with van der Waals surface area (Å²) in [6, 6.07) is 10.0. The lowest BCUT2D eigenvalue weighted by molar-refractivity contribution is -0.394. The largest absolute Gasteiger partial charge is 0.208 e. The summed E-state index contributed by atoms with van der Waals surface area (Å²) in [5.74, 6) is 0. The molecule has 1 nitrogen and oxygen atoms in total. The van der Waals surface area contributed by atoms with Gasteiger partial charge in [0, 0.05) is 12.1 Å². The minimum atomic E-state index is 1.14. The van der Waals surface area contributed by atoms with Gasteiger partial charge in [0.2, 0.25) is 5.69 Å². The topological polar surface area (TPSA) is 3.01 Å². The molecule has 46 valence electrons. The quantitative estimate of drug-likeness (QED) is 0.391. The highest BCUT2D eigenvalue weighted by molar-refractivity contribution is 5.32. The lowest BCUT2D eigenvalue weighted by atomic mass is 10.3. The molecule has 1 rings (SSSR count). The van der Waals surface area contributed by atoms with Gasteiger partial charge in [-0.3, -0.25) is 0 Å². The van der Waals surface area contributed by atoms with Gasteiger partial charge in [-0.25, -0.2) is 4.58 Å². The summed E-state index contributed by atoms with van der Waals surface area (Å²) in [6.45, 7) is 3.74. The van der Waals surface area contributed by atoms with Gasteiger partial charge in [0.15, 0.2) is 0 Å². The smallest absolute Gasteiger partial charge is 0.204 e. The van der Waals surface area contributed by atoms with E-state index in [2.05, 4.69) is 6.72 Å². The van der Waals surface area contributed by atoms with E-state index in [0.29, 0.717) is 0 Å². The highest BCUT2D eigenvalue weighted by Gasteiger charge is 1.93. The molecular formula is C8H10N+. The van der Waals surface area contributed by atoms with E-state index >= 15 is 0 Å². The molecule has 0 saturated heterocycles. The first-order valence-corrected chi connectivity index (χ1v) is 2.90. The molecular weight excluding hydrogens is 110 g/mol. The minimum Gasteiger partial charge on any atom is -0.208 e. The predicted octanol–water partition coefficient (Wildman–Crippen LogP) is 1.66.